The monoisotopic (exact) mass is 343 g/mol. The summed E-state index contributed by atoms with van der Waals surface area (Å²) in [4.78, 5) is 12.8. The average molecular weight is 343 g/mol. The molecule has 0 radical (unpaired) electrons. The lowest BCUT2D eigenvalue weighted by Gasteiger charge is -2.07. The van der Waals surface area contributed by atoms with Gasteiger partial charge in [0.05, 0.1) is 17.0 Å². The molecule has 0 aliphatic rings. The Morgan fingerprint density at radius 2 is 1.81 bits per heavy atom. The Kier molecular flexibility index (Phi) is 5.14. The molecule has 130 valence electrons. The summed E-state index contributed by atoms with van der Waals surface area (Å²) in [6.07, 6.45) is 2.56. The van der Waals surface area contributed by atoms with Gasteiger partial charge >= 0.3 is 0 Å². The van der Waals surface area contributed by atoms with Gasteiger partial charge in [-0.2, -0.15) is 4.98 Å². The first-order valence-corrected chi connectivity index (χ1v) is 8.53. The molecule has 5 nitrogen and oxygen atoms in total. The average Bonchev–Trinajstić information content (AvgIpc) is 2.67. The van der Waals surface area contributed by atoms with Crippen molar-refractivity contribution in [1.82, 2.24) is 15.0 Å². The second-order valence-electron chi connectivity index (χ2n) is 5.98. The summed E-state index contributed by atoms with van der Waals surface area (Å²) >= 11 is 0. The van der Waals surface area contributed by atoms with Gasteiger partial charge in [0.2, 0.25) is 5.95 Å². The van der Waals surface area contributed by atoms with Crippen molar-refractivity contribution in [3.05, 3.63) is 65.5 Å². The highest BCUT2D eigenvalue weighted by Crippen LogP contribution is 2.20. The quantitative estimate of drug-likeness (QED) is 0.711. The first-order valence-electron chi connectivity index (χ1n) is 8.53. The van der Waals surface area contributed by atoms with Gasteiger partial charge in [-0.15, -0.1) is 0 Å². The smallest absolute Gasteiger partial charge is 0.222 e. The first kappa shape index (κ1) is 17.4. The zero-order chi connectivity index (χ0) is 18.5. The fraction of sp³-hybridized carbons (Fsp3) is 0.190. The molecule has 0 saturated carbocycles. The van der Waals surface area contributed by atoms with E-state index in [1.54, 1.807) is 0 Å². The summed E-state index contributed by atoms with van der Waals surface area (Å²) in [6.45, 7) is 4.02. The molecule has 0 spiro atoms. The molecular weight excluding hydrogens is 322 g/mol. The number of pyridine rings is 1. The fourth-order valence-corrected chi connectivity index (χ4v) is 2.64. The number of anilines is 2. The van der Waals surface area contributed by atoms with Crippen molar-refractivity contribution in [3.63, 3.8) is 0 Å². The lowest BCUT2D eigenvalue weighted by molar-refractivity contribution is 0.983. The summed E-state index contributed by atoms with van der Waals surface area (Å²) in [6, 6.07) is 14.2. The molecule has 2 aromatic heterocycles. The standard InChI is InChI=1S/C21H21N5/c1-3-18-17(20(22)26-21(23)25-18)11-9-14(2)16-10-12-19(24-13-16)15-7-5-4-6-8-15/h4-8,10,12-14H,3H2,1-2H3,(H4,22,23,25,26). The van der Waals surface area contributed by atoms with E-state index < -0.39 is 0 Å². The lowest BCUT2D eigenvalue weighted by Crippen LogP contribution is -2.06. The van der Waals surface area contributed by atoms with Crippen LogP contribution in [0.5, 0.6) is 0 Å². The van der Waals surface area contributed by atoms with Crippen molar-refractivity contribution < 1.29 is 0 Å². The number of aryl methyl sites for hydroxylation is 1. The second kappa shape index (κ2) is 7.66. The van der Waals surface area contributed by atoms with Gasteiger partial charge in [0.25, 0.3) is 0 Å². The molecule has 3 rings (SSSR count). The third-order valence-electron chi connectivity index (χ3n) is 4.13. The summed E-state index contributed by atoms with van der Waals surface area (Å²) in [7, 11) is 0. The molecule has 26 heavy (non-hydrogen) atoms. The van der Waals surface area contributed by atoms with Gasteiger partial charge < -0.3 is 11.5 Å². The molecule has 4 N–H and O–H groups in total. The molecule has 1 atom stereocenters. The van der Waals surface area contributed by atoms with E-state index >= 15 is 0 Å². The van der Waals surface area contributed by atoms with Crippen LogP contribution in [-0.2, 0) is 6.42 Å². The molecule has 5 heteroatoms. The van der Waals surface area contributed by atoms with Crippen LogP contribution in [0.15, 0.2) is 48.7 Å². The van der Waals surface area contributed by atoms with E-state index in [0.29, 0.717) is 17.8 Å². The topological polar surface area (TPSA) is 90.7 Å². The van der Waals surface area contributed by atoms with E-state index in [0.717, 1.165) is 22.5 Å². The Labute approximate surface area is 153 Å². The highest BCUT2D eigenvalue weighted by atomic mass is 15.0. The van der Waals surface area contributed by atoms with Crippen LogP contribution in [0.3, 0.4) is 0 Å². The number of rotatable bonds is 3. The lowest BCUT2D eigenvalue weighted by atomic mass is 10.0. The molecule has 0 fully saturated rings. The van der Waals surface area contributed by atoms with Crippen molar-refractivity contribution in [1.29, 1.82) is 0 Å². The molecule has 2 heterocycles. The molecule has 1 aromatic carbocycles. The van der Waals surface area contributed by atoms with Crippen LogP contribution >= 0.6 is 0 Å². The maximum absolute atomic E-state index is 5.96. The molecule has 3 aromatic rings. The van der Waals surface area contributed by atoms with Crippen molar-refractivity contribution in [3.8, 4) is 23.1 Å². The molecule has 0 aliphatic carbocycles. The highest BCUT2D eigenvalue weighted by molar-refractivity contribution is 5.59. The maximum Gasteiger partial charge on any atom is 0.222 e. The van der Waals surface area contributed by atoms with Crippen LogP contribution in [0.1, 0.15) is 36.6 Å². The van der Waals surface area contributed by atoms with Gasteiger partial charge in [-0.25, -0.2) is 4.98 Å². The summed E-state index contributed by atoms with van der Waals surface area (Å²) in [5.41, 5.74) is 16.1. The van der Waals surface area contributed by atoms with Gasteiger partial charge in [-0.3, -0.25) is 4.98 Å². The predicted octanol–water partition coefficient (Wildman–Crippen LogP) is 3.42. The molecule has 0 saturated heterocycles. The minimum absolute atomic E-state index is 0.00832. The Balaban J connectivity index is 1.84. The van der Waals surface area contributed by atoms with E-state index in [9.17, 15) is 0 Å². The number of nitrogen functional groups attached to an aromatic ring is 2. The minimum Gasteiger partial charge on any atom is -0.382 e. The third-order valence-corrected chi connectivity index (χ3v) is 4.13. The van der Waals surface area contributed by atoms with Gasteiger partial charge in [0.1, 0.15) is 5.82 Å². The number of aromatic nitrogens is 3. The largest absolute Gasteiger partial charge is 0.382 e. The van der Waals surface area contributed by atoms with Crippen molar-refractivity contribution in [2.24, 2.45) is 0 Å². The van der Waals surface area contributed by atoms with Crippen LogP contribution in [-0.4, -0.2) is 15.0 Å². The maximum atomic E-state index is 5.96. The van der Waals surface area contributed by atoms with Gasteiger partial charge in [-0.1, -0.05) is 55.2 Å². The van der Waals surface area contributed by atoms with E-state index in [1.165, 1.54) is 0 Å². The van der Waals surface area contributed by atoms with E-state index in [-0.39, 0.29) is 11.9 Å². The van der Waals surface area contributed by atoms with Crippen LogP contribution in [0.2, 0.25) is 0 Å². The molecule has 1 unspecified atom stereocenters. The van der Waals surface area contributed by atoms with Gasteiger partial charge in [-0.05, 0) is 25.0 Å². The predicted molar refractivity (Wildman–Crippen MR) is 105 cm³/mol. The normalized spacial score (nSPS) is 11.5. The molecule has 0 amide bonds. The second-order valence-corrected chi connectivity index (χ2v) is 5.98. The van der Waals surface area contributed by atoms with Gasteiger partial charge in [0, 0.05) is 17.7 Å². The number of nitrogens with two attached hydrogens (primary N) is 2. The van der Waals surface area contributed by atoms with Gasteiger partial charge in [0.15, 0.2) is 0 Å². The third kappa shape index (κ3) is 3.81. The van der Waals surface area contributed by atoms with Crippen molar-refractivity contribution >= 4 is 11.8 Å². The minimum atomic E-state index is 0.00832. The Morgan fingerprint density at radius 1 is 1.04 bits per heavy atom. The van der Waals surface area contributed by atoms with E-state index in [2.05, 4.69) is 32.9 Å². The zero-order valence-electron chi connectivity index (χ0n) is 14.9. The number of nitrogens with zero attached hydrogens (tertiary/aromatic N) is 3. The first-order chi connectivity index (χ1) is 12.6. The van der Waals surface area contributed by atoms with Crippen LogP contribution in [0.25, 0.3) is 11.3 Å². The number of hydrogen-bond donors (Lipinski definition) is 2. The van der Waals surface area contributed by atoms with Crippen molar-refractivity contribution in [2.45, 2.75) is 26.2 Å². The summed E-state index contributed by atoms with van der Waals surface area (Å²) in [5.74, 6) is 6.85. The van der Waals surface area contributed by atoms with Crippen LogP contribution in [0, 0.1) is 11.8 Å². The Bertz CT molecular complexity index is 953. The molecule has 0 bridgehead atoms. The van der Waals surface area contributed by atoms with E-state index in [4.69, 9.17) is 11.5 Å². The Morgan fingerprint density at radius 3 is 2.46 bits per heavy atom. The van der Waals surface area contributed by atoms with E-state index in [1.807, 2.05) is 56.4 Å². The van der Waals surface area contributed by atoms with Crippen molar-refractivity contribution in [2.75, 3.05) is 11.5 Å². The summed E-state index contributed by atoms with van der Waals surface area (Å²) in [5, 5.41) is 0. The van der Waals surface area contributed by atoms with Crippen LogP contribution < -0.4 is 11.5 Å². The number of hydrogen-bond acceptors (Lipinski definition) is 5. The Hall–Kier alpha value is -3.39. The fourth-order valence-electron chi connectivity index (χ4n) is 2.64. The zero-order valence-corrected chi connectivity index (χ0v) is 14.9. The summed E-state index contributed by atoms with van der Waals surface area (Å²) < 4.78 is 0. The SMILES string of the molecule is CCc1nc(N)nc(N)c1C#CC(C)c1ccc(-c2ccccc2)nc1. The molecular formula is C21H21N5. The molecule has 0 aliphatic heterocycles. The highest BCUT2D eigenvalue weighted by Gasteiger charge is 2.09. The number of benzene rings is 1. The van der Waals surface area contributed by atoms with Crippen LogP contribution in [0.4, 0.5) is 11.8 Å².